The number of aliphatic hydroxyl groups is 2. The summed E-state index contributed by atoms with van der Waals surface area (Å²) in [5.41, 5.74) is -0.174. The van der Waals surface area contributed by atoms with Crippen LogP contribution in [0.5, 0.6) is 5.75 Å². The van der Waals surface area contributed by atoms with Crippen LogP contribution in [-0.4, -0.2) is 51.6 Å². The van der Waals surface area contributed by atoms with Gasteiger partial charge in [0.05, 0.1) is 12.6 Å². The zero-order valence-corrected chi connectivity index (χ0v) is 22.0. The maximum absolute atomic E-state index is 13.6. The van der Waals surface area contributed by atoms with Crippen molar-refractivity contribution in [2.24, 2.45) is 11.8 Å². The standard InChI is InChI=1S/C29H38N2O6.CH2/c1-29(17-20-10-13-23(33)14-11-20,27(35)30-24(18-32)26(34)21-7-3-2-4-8-21)31-28(36)37-25-15-12-19-6-5-9-22(25)16-19;/h2-4,7-8,10-11,13-14,19,22,24-26,32-34H,5-6,9,12,15-18H2,1H3,(H,30,35)(H,31,36);1H2. The highest BCUT2D eigenvalue weighted by Crippen LogP contribution is 2.41. The molecule has 2 aliphatic carbocycles. The Hall–Kier alpha value is -3.10. The van der Waals surface area contributed by atoms with E-state index in [1.807, 2.05) is 6.07 Å². The van der Waals surface area contributed by atoms with E-state index in [0.717, 1.165) is 38.0 Å². The first-order valence-electron chi connectivity index (χ1n) is 13.2. The van der Waals surface area contributed by atoms with Crippen molar-refractivity contribution in [3.8, 4) is 5.75 Å². The first-order chi connectivity index (χ1) is 17.8. The van der Waals surface area contributed by atoms with E-state index in [1.54, 1.807) is 43.3 Å². The topological polar surface area (TPSA) is 128 Å². The Kier molecular flexibility index (Phi) is 10.2. The highest BCUT2D eigenvalue weighted by Gasteiger charge is 2.40. The molecule has 0 saturated heterocycles. The van der Waals surface area contributed by atoms with E-state index in [9.17, 15) is 24.9 Å². The van der Waals surface area contributed by atoms with Gasteiger partial charge in [-0.25, -0.2) is 4.79 Å². The van der Waals surface area contributed by atoms with Gasteiger partial charge in [-0.1, -0.05) is 62.7 Å². The van der Waals surface area contributed by atoms with E-state index >= 15 is 0 Å². The van der Waals surface area contributed by atoms with E-state index in [-0.39, 0.29) is 25.7 Å². The number of fused-ring (bicyclic) bond motifs is 2. The molecule has 2 aromatic carbocycles. The second kappa shape index (κ2) is 13.1. The summed E-state index contributed by atoms with van der Waals surface area (Å²) in [6.45, 7) is 1.10. The van der Waals surface area contributed by atoms with E-state index in [2.05, 4.69) is 10.6 Å². The highest BCUT2D eigenvalue weighted by molar-refractivity contribution is 5.90. The molecule has 2 aromatic rings. The number of nitrogens with one attached hydrogen (secondary N) is 2. The third-order valence-corrected chi connectivity index (χ3v) is 7.88. The molecule has 4 rings (SSSR count). The number of hydrogen-bond acceptors (Lipinski definition) is 6. The average Bonchev–Trinajstić information content (AvgIpc) is 2.90. The minimum Gasteiger partial charge on any atom is -0.508 e. The summed E-state index contributed by atoms with van der Waals surface area (Å²) in [7, 11) is 0. The number of alkyl carbamates (subject to hydrolysis) is 1. The molecule has 0 heterocycles. The zero-order chi connectivity index (χ0) is 26.4. The fraction of sp³-hybridized carbons (Fsp3) is 0.500. The number of phenols is 1. The van der Waals surface area contributed by atoms with Crippen molar-refractivity contribution in [2.45, 2.75) is 75.7 Å². The average molecular weight is 525 g/mol. The monoisotopic (exact) mass is 524 g/mol. The molecule has 206 valence electrons. The minimum atomic E-state index is -1.44. The van der Waals surface area contributed by atoms with Crippen LogP contribution in [0.15, 0.2) is 54.6 Å². The first kappa shape index (κ1) is 29.5. The van der Waals surface area contributed by atoms with Crippen LogP contribution in [-0.2, 0) is 16.0 Å². The molecular weight excluding hydrogens is 484 g/mol. The predicted octanol–water partition coefficient (Wildman–Crippen LogP) is 3.93. The number of phenolic OH excluding ortho intramolecular Hbond substituents is 1. The van der Waals surface area contributed by atoms with Gasteiger partial charge in [-0.15, -0.1) is 0 Å². The van der Waals surface area contributed by atoms with Crippen LogP contribution in [0.4, 0.5) is 4.79 Å². The van der Waals surface area contributed by atoms with E-state index < -0.39 is 36.3 Å². The van der Waals surface area contributed by atoms with E-state index in [0.29, 0.717) is 17.0 Å². The smallest absolute Gasteiger partial charge is 0.408 e. The molecule has 2 saturated carbocycles. The van der Waals surface area contributed by atoms with Gasteiger partial charge in [-0.2, -0.15) is 0 Å². The van der Waals surface area contributed by atoms with Gasteiger partial charge in [0.15, 0.2) is 0 Å². The fourth-order valence-corrected chi connectivity index (χ4v) is 5.75. The lowest BCUT2D eigenvalue weighted by atomic mass is 9.71. The van der Waals surface area contributed by atoms with Crippen molar-refractivity contribution in [1.82, 2.24) is 10.6 Å². The summed E-state index contributed by atoms with van der Waals surface area (Å²) in [6.07, 6.45) is 4.58. The lowest BCUT2D eigenvalue weighted by molar-refractivity contribution is -0.129. The number of rotatable bonds is 9. The lowest BCUT2D eigenvalue weighted by Crippen LogP contribution is -2.61. The molecule has 2 amide bonds. The highest BCUT2D eigenvalue weighted by atomic mass is 16.6. The molecule has 8 nitrogen and oxygen atoms in total. The molecule has 6 unspecified atom stereocenters. The van der Waals surface area contributed by atoms with Crippen LogP contribution < -0.4 is 10.6 Å². The van der Waals surface area contributed by atoms with Crippen LogP contribution in [0.25, 0.3) is 0 Å². The van der Waals surface area contributed by atoms with Gasteiger partial charge in [0.1, 0.15) is 23.5 Å². The van der Waals surface area contributed by atoms with Crippen LogP contribution in [0.2, 0.25) is 0 Å². The number of ether oxygens (including phenoxy) is 1. The van der Waals surface area contributed by atoms with Gasteiger partial charge in [0.2, 0.25) is 5.91 Å². The molecule has 2 aliphatic rings. The predicted molar refractivity (Wildman–Crippen MR) is 144 cm³/mol. The Labute approximate surface area is 225 Å². The molecule has 0 aromatic heterocycles. The number of aliphatic hydroxyl groups excluding tert-OH is 2. The van der Waals surface area contributed by atoms with Gasteiger partial charge >= 0.3 is 6.09 Å². The van der Waals surface area contributed by atoms with Crippen molar-refractivity contribution in [3.63, 3.8) is 0 Å². The SMILES string of the molecule is CC(Cc1ccc(O)cc1)(NC(=O)OC1CCC2CCCC1C2)C(=O)NC(CO)C(O)c1ccccc1.[CH2]. The van der Waals surface area contributed by atoms with Crippen molar-refractivity contribution in [1.29, 1.82) is 0 Å². The number of aromatic hydroxyl groups is 1. The minimum absolute atomic E-state index is 0. The second-order valence-electron chi connectivity index (χ2n) is 10.7. The summed E-state index contributed by atoms with van der Waals surface area (Å²) in [6, 6.07) is 14.2. The number of carbonyl (C=O) groups excluding carboxylic acids is 2. The molecule has 5 N–H and O–H groups in total. The Bertz CT molecular complexity index is 1050. The normalized spacial score (nSPS) is 23.6. The third kappa shape index (κ3) is 7.26. The largest absolute Gasteiger partial charge is 0.508 e. The first-order valence-corrected chi connectivity index (χ1v) is 13.2. The fourth-order valence-electron chi connectivity index (χ4n) is 5.75. The summed E-state index contributed by atoms with van der Waals surface area (Å²) < 4.78 is 5.86. The van der Waals surface area contributed by atoms with Gasteiger partial charge in [-0.05, 0) is 67.7 Å². The van der Waals surface area contributed by atoms with E-state index in [4.69, 9.17) is 4.74 Å². The number of carbonyl (C=O) groups is 2. The van der Waals surface area contributed by atoms with Crippen molar-refractivity contribution in [2.75, 3.05) is 6.61 Å². The third-order valence-electron chi connectivity index (χ3n) is 7.88. The lowest BCUT2D eigenvalue weighted by Gasteiger charge is -2.40. The zero-order valence-electron chi connectivity index (χ0n) is 22.0. The number of amides is 2. The number of hydrogen-bond donors (Lipinski definition) is 5. The summed E-state index contributed by atoms with van der Waals surface area (Å²) in [5, 5.41) is 35.9. The molecule has 8 heteroatoms. The molecule has 38 heavy (non-hydrogen) atoms. The quantitative estimate of drug-likeness (QED) is 0.338. The maximum Gasteiger partial charge on any atom is 0.408 e. The van der Waals surface area contributed by atoms with Crippen molar-refractivity contribution < 1.29 is 29.6 Å². The van der Waals surface area contributed by atoms with Gasteiger partial charge in [0.25, 0.3) is 0 Å². The molecule has 0 aliphatic heterocycles. The molecule has 2 radical (unpaired) electrons. The Balaban J connectivity index is 0.00000400. The Morgan fingerprint density at radius 2 is 1.76 bits per heavy atom. The van der Waals surface area contributed by atoms with Crippen LogP contribution in [0, 0.1) is 19.3 Å². The van der Waals surface area contributed by atoms with E-state index in [1.165, 1.54) is 18.6 Å². The Morgan fingerprint density at radius 1 is 1.05 bits per heavy atom. The van der Waals surface area contributed by atoms with Gasteiger partial charge in [-0.3, -0.25) is 4.79 Å². The van der Waals surface area contributed by atoms with Crippen molar-refractivity contribution >= 4 is 12.0 Å². The number of benzene rings is 2. The second-order valence-corrected chi connectivity index (χ2v) is 10.7. The van der Waals surface area contributed by atoms with Crippen LogP contribution in [0.3, 0.4) is 0 Å². The molecule has 2 bridgehead atoms. The molecular formula is C30H40N2O6. The molecule has 2 fully saturated rings. The van der Waals surface area contributed by atoms with Gasteiger partial charge in [0, 0.05) is 6.42 Å². The van der Waals surface area contributed by atoms with Crippen molar-refractivity contribution in [3.05, 3.63) is 73.2 Å². The van der Waals surface area contributed by atoms with Crippen LogP contribution >= 0.6 is 0 Å². The van der Waals surface area contributed by atoms with Gasteiger partial charge < -0.3 is 30.7 Å². The molecule has 6 atom stereocenters. The summed E-state index contributed by atoms with van der Waals surface area (Å²) in [5.74, 6) is 0.610. The summed E-state index contributed by atoms with van der Waals surface area (Å²) >= 11 is 0. The summed E-state index contributed by atoms with van der Waals surface area (Å²) in [4.78, 5) is 26.7. The Morgan fingerprint density at radius 3 is 2.45 bits per heavy atom. The maximum atomic E-state index is 13.6. The van der Waals surface area contributed by atoms with Crippen LogP contribution in [0.1, 0.15) is 62.7 Å². The molecule has 0 spiro atoms.